The minimum atomic E-state index is -0.801. The summed E-state index contributed by atoms with van der Waals surface area (Å²) in [5.41, 5.74) is -0.801. The number of amides is 1. The molecule has 1 rings (SSSR count). The summed E-state index contributed by atoms with van der Waals surface area (Å²) in [5, 5.41) is 17.6. The maximum atomic E-state index is 12.2. The highest BCUT2D eigenvalue weighted by Gasteiger charge is 2.50. The lowest BCUT2D eigenvalue weighted by Crippen LogP contribution is -2.50. The summed E-state index contributed by atoms with van der Waals surface area (Å²) in [7, 11) is 0. The van der Waals surface area contributed by atoms with Gasteiger partial charge in [0, 0.05) is 13.1 Å². The van der Waals surface area contributed by atoms with Crippen molar-refractivity contribution in [3.63, 3.8) is 0 Å². The Balaban J connectivity index is 2.68. The molecule has 1 fully saturated rings. The van der Waals surface area contributed by atoms with Gasteiger partial charge in [0.05, 0.1) is 18.6 Å². The number of hydrogen-bond acceptors (Lipinski definition) is 3. The SMILES string of the molecule is CCN(CCC#N)C(=O)C1(C#N)CC(C)C1. The lowest BCUT2D eigenvalue weighted by Gasteiger charge is -2.42. The Hall–Kier alpha value is -1.55. The molecule has 1 aliphatic carbocycles. The fraction of sp³-hybridized carbons (Fsp3) is 0.750. The van der Waals surface area contributed by atoms with Gasteiger partial charge < -0.3 is 4.90 Å². The predicted octanol–water partition coefficient (Wildman–Crippen LogP) is 1.69. The molecular weight excluding hydrogens is 202 g/mol. The largest absolute Gasteiger partial charge is 0.341 e. The van der Waals surface area contributed by atoms with Gasteiger partial charge in [0.15, 0.2) is 0 Å². The molecule has 0 radical (unpaired) electrons. The quantitative estimate of drug-likeness (QED) is 0.722. The second-order valence-electron chi connectivity index (χ2n) is 4.50. The first-order valence-corrected chi connectivity index (χ1v) is 5.67. The molecule has 0 aromatic heterocycles. The van der Waals surface area contributed by atoms with Gasteiger partial charge in [-0.3, -0.25) is 4.79 Å². The third-order valence-electron chi connectivity index (χ3n) is 3.18. The molecule has 1 aliphatic rings. The maximum absolute atomic E-state index is 12.2. The maximum Gasteiger partial charge on any atom is 0.243 e. The molecule has 16 heavy (non-hydrogen) atoms. The van der Waals surface area contributed by atoms with E-state index in [0.29, 0.717) is 38.3 Å². The second-order valence-corrected chi connectivity index (χ2v) is 4.50. The average Bonchev–Trinajstić information content (AvgIpc) is 2.25. The second kappa shape index (κ2) is 4.99. The fourth-order valence-electron chi connectivity index (χ4n) is 2.33. The van der Waals surface area contributed by atoms with E-state index in [9.17, 15) is 4.79 Å². The van der Waals surface area contributed by atoms with Crippen LogP contribution in [0.25, 0.3) is 0 Å². The van der Waals surface area contributed by atoms with Crippen LogP contribution in [0.15, 0.2) is 0 Å². The monoisotopic (exact) mass is 219 g/mol. The molecule has 4 heteroatoms. The van der Waals surface area contributed by atoms with Crippen LogP contribution in [0, 0.1) is 34.0 Å². The third-order valence-corrected chi connectivity index (χ3v) is 3.18. The van der Waals surface area contributed by atoms with Crippen molar-refractivity contribution in [3.8, 4) is 12.1 Å². The van der Waals surface area contributed by atoms with Gasteiger partial charge in [-0.2, -0.15) is 10.5 Å². The number of nitriles is 2. The van der Waals surface area contributed by atoms with Crippen molar-refractivity contribution in [2.75, 3.05) is 13.1 Å². The van der Waals surface area contributed by atoms with Crippen molar-refractivity contribution in [3.05, 3.63) is 0 Å². The van der Waals surface area contributed by atoms with Crippen molar-refractivity contribution >= 4 is 5.91 Å². The molecule has 0 bridgehead atoms. The number of carbonyl (C=O) groups excluding carboxylic acids is 1. The molecule has 1 amide bonds. The zero-order valence-corrected chi connectivity index (χ0v) is 9.86. The summed E-state index contributed by atoms with van der Waals surface area (Å²) in [5.74, 6) is 0.365. The topological polar surface area (TPSA) is 67.9 Å². The lowest BCUT2D eigenvalue weighted by atomic mass is 9.62. The molecule has 0 aliphatic heterocycles. The van der Waals surface area contributed by atoms with Crippen LogP contribution in [0.3, 0.4) is 0 Å². The van der Waals surface area contributed by atoms with Crippen molar-refractivity contribution in [2.24, 2.45) is 11.3 Å². The van der Waals surface area contributed by atoms with Gasteiger partial charge in [0.25, 0.3) is 0 Å². The van der Waals surface area contributed by atoms with Crippen molar-refractivity contribution in [2.45, 2.75) is 33.1 Å². The van der Waals surface area contributed by atoms with E-state index in [4.69, 9.17) is 10.5 Å². The lowest BCUT2D eigenvalue weighted by molar-refractivity contribution is -0.145. The minimum Gasteiger partial charge on any atom is -0.341 e. The van der Waals surface area contributed by atoms with Crippen LogP contribution in [0.1, 0.15) is 33.1 Å². The van der Waals surface area contributed by atoms with E-state index in [1.165, 1.54) is 0 Å². The Labute approximate surface area is 96.5 Å². The smallest absolute Gasteiger partial charge is 0.243 e. The van der Waals surface area contributed by atoms with Crippen molar-refractivity contribution in [1.82, 2.24) is 4.90 Å². The molecule has 0 N–H and O–H groups in total. The van der Waals surface area contributed by atoms with Gasteiger partial charge in [0.1, 0.15) is 5.41 Å². The van der Waals surface area contributed by atoms with Crippen LogP contribution in [-0.2, 0) is 4.79 Å². The first kappa shape index (κ1) is 12.5. The Morgan fingerprint density at radius 2 is 2.12 bits per heavy atom. The van der Waals surface area contributed by atoms with E-state index in [1.807, 2.05) is 13.0 Å². The fourth-order valence-corrected chi connectivity index (χ4v) is 2.33. The molecule has 86 valence electrons. The van der Waals surface area contributed by atoms with Crippen LogP contribution >= 0.6 is 0 Å². The van der Waals surface area contributed by atoms with Crippen LogP contribution in [0.2, 0.25) is 0 Å². The average molecular weight is 219 g/mol. The summed E-state index contributed by atoms with van der Waals surface area (Å²) >= 11 is 0. The summed E-state index contributed by atoms with van der Waals surface area (Å²) in [6.07, 6.45) is 1.65. The Bertz CT molecular complexity index is 344. The minimum absolute atomic E-state index is 0.0918. The molecule has 4 nitrogen and oxygen atoms in total. The highest BCUT2D eigenvalue weighted by Crippen LogP contribution is 2.46. The number of nitrogens with zero attached hydrogens (tertiary/aromatic N) is 3. The number of rotatable bonds is 4. The first-order chi connectivity index (χ1) is 7.59. The molecule has 0 spiro atoms. The Morgan fingerprint density at radius 1 is 1.50 bits per heavy atom. The summed E-state index contributed by atoms with van der Waals surface area (Å²) in [6, 6.07) is 4.19. The van der Waals surface area contributed by atoms with E-state index < -0.39 is 5.41 Å². The van der Waals surface area contributed by atoms with E-state index in [0.717, 1.165) is 0 Å². The predicted molar refractivity (Wildman–Crippen MR) is 58.9 cm³/mol. The molecule has 0 aromatic carbocycles. The van der Waals surface area contributed by atoms with E-state index >= 15 is 0 Å². The van der Waals surface area contributed by atoms with Crippen LogP contribution in [-0.4, -0.2) is 23.9 Å². The van der Waals surface area contributed by atoms with Crippen LogP contribution in [0.5, 0.6) is 0 Å². The highest BCUT2D eigenvalue weighted by atomic mass is 16.2. The zero-order valence-electron chi connectivity index (χ0n) is 9.86. The molecule has 1 saturated carbocycles. The van der Waals surface area contributed by atoms with Gasteiger partial charge in [-0.15, -0.1) is 0 Å². The molecule has 0 unspecified atom stereocenters. The number of carbonyl (C=O) groups is 1. The standard InChI is InChI=1S/C12H17N3O/c1-3-15(6-4-5-13)11(16)12(9-14)7-10(2)8-12/h10H,3-4,6-8H2,1-2H3. The van der Waals surface area contributed by atoms with E-state index in [-0.39, 0.29) is 5.91 Å². The van der Waals surface area contributed by atoms with Crippen molar-refractivity contribution < 1.29 is 4.79 Å². The normalized spacial score (nSPS) is 27.4. The van der Waals surface area contributed by atoms with Gasteiger partial charge in [0.2, 0.25) is 5.91 Å². The zero-order chi connectivity index (χ0) is 12.2. The summed E-state index contributed by atoms with van der Waals surface area (Å²) < 4.78 is 0. The highest BCUT2D eigenvalue weighted by molar-refractivity contribution is 5.86. The van der Waals surface area contributed by atoms with E-state index in [1.54, 1.807) is 4.90 Å². The van der Waals surface area contributed by atoms with Crippen LogP contribution in [0.4, 0.5) is 0 Å². The van der Waals surface area contributed by atoms with Gasteiger partial charge in [-0.25, -0.2) is 0 Å². The number of hydrogen-bond donors (Lipinski definition) is 0. The summed E-state index contributed by atoms with van der Waals surface area (Å²) in [4.78, 5) is 13.8. The molecule has 0 atom stereocenters. The van der Waals surface area contributed by atoms with Crippen molar-refractivity contribution in [1.29, 1.82) is 10.5 Å². The van der Waals surface area contributed by atoms with Gasteiger partial charge in [-0.1, -0.05) is 6.92 Å². The van der Waals surface area contributed by atoms with Gasteiger partial charge in [-0.05, 0) is 25.7 Å². The van der Waals surface area contributed by atoms with E-state index in [2.05, 4.69) is 13.0 Å². The Kier molecular flexibility index (Phi) is 3.90. The Morgan fingerprint density at radius 3 is 2.50 bits per heavy atom. The molecule has 0 aromatic rings. The third kappa shape index (κ3) is 2.17. The molecule has 0 heterocycles. The van der Waals surface area contributed by atoms with Crippen LogP contribution < -0.4 is 0 Å². The van der Waals surface area contributed by atoms with Gasteiger partial charge >= 0.3 is 0 Å². The summed E-state index contributed by atoms with van der Waals surface area (Å²) in [6.45, 7) is 4.93. The molecule has 0 saturated heterocycles. The molecular formula is C12H17N3O. The first-order valence-electron chi connectivity index (χ1n) is 5.67.